The normalized spacial score (nSPS) is 20.8. The zero-order valence-corrected chi connectivity index (χ0v) is 22.6. The molecule has 1 aromatic carbocycles. The van der Waals surface area contributed by atoms with Gasteiger partial charge in [-0.15, -0.1) is 24.0 Å². The monoisotopic (exact) mass is 558 g/mol. The van der Waals surface area contributed by atoms with Gasteiger partial charge in [-0.3, -0.25) is 9.89 Å². The number of ether oxygens (including phenoxy) is 2. The average Bonchev–Trinajstić information content (AvgIpc) is 2.79. The molecule has 0 bridgehead atoms. The highest BCUT2D eigenvalue weighted by Gasteiger charge is 2.22. The fourth-order valence-corrected chi connectivity index (χ4v) is 4.65. The first-order chi connectivity index (χ1) is 15.2. The summed E-state index contributed by atoms with van der Waals surface area (Å²) >= 11 is 0. The van der Waals surface area contributed by atoms with Crippen LogP contribution in [-0.2, 0) is 22.6 Å². The van der Waals surface area contributed by atoms with E-state index in [9.17, 15) is 0 Å². The Morgan fingerprint density at radius 3 is 2.44 bits per heavy atom. The molecule has 0 amide bonds. The van der Waals surface area contributed by atoms with Crippen LogP contribution in [0.15, 0.2) is 29.3 Å². The summed E-state index contributed by atoms with van der Waals surface area (Å²) in [5.41, 5.74) is 2.71. The molecule has 2 heterocycles. The number of likely N-dealkylation sites (tertiary alicyclic amines) is 2. The number of hydrogen-bond donors (Lipinski definition) is 1. The van der Waals surface area contributed by atoms with Crippen LogP contribution in [0.25, 0.3) is 0 Å². The van der Waals surface area contributed by atoms with Gasteiger partial charge < -0.3 is 19.7 Å². The molecule has 0 radical (unpaired) electrons. The number of methoxy groups -OCH3 is 1. The Kier molecular flexibility index (Phi) is 12.9. The summed E-state index contributed by atoms with van der Waals surface area (Å²) in [5, 5.41) is 3.54. The summed E-state index contributed by atoms with van der Waals surface area (Å²) in [5.74, 6) is 1.82. The van der Waals surface area contributed by atoms with Crippen molar-refractivity contribution in [3.63, 3.8) is 0 Å². The van der Waals surface area contributed by atoms with Crippen molar-refractivity contribution in [1.29, 1.82) is 0 Å². The van der Waals surface area contributed by atoms with Crippen LogP contribution in [0.1, 0.15) is 50.2 Å². The molecule has 3 rings (SSSR count). The zero-order chi connectivity index (χ0) is 21.9. The first kappa shape index (κ1) is 27.3. The van der Waals surface area contributed by atoms with E-state index in [1.54, 1.807) is 7.11 Å². The van der Waals surface area contributed by atoms with Gasteiger partial charge >= 0.3 is 0 Å². The Bertz CT molecular complexity index is 662. The molecule has 182 valence electrons. The van der Waals surface area contributed by atoms with E-state index in [1.165, 1.54) is 37.1 Å². The van der Waals surface area contributed by atoms with Crippen molar-refractivity contribution in [1.82, 2.24) is 15.1 Å². The second-order valence-electron chi connectivity index (χ2n) is 9.10. The quantitative estimate of drug-likeness (QED) is 0.214. The Labute approximate surface area is 212 Å². The molecule has 1 unspecified atom stereocenters. The highest BCUT2D eigenvalue weighted by molar-refractivity contribution is 14.0. The number of aliphatic imine (C=N–C) groups is 1. The number of piperidine rings is 2. The van der Waals surface area contributed by atoms with Gasteiger partial charge in [-0.05, 0) is 55.7 Å². The van der Waals surface area contributed by atoms with E-state index >= 15 is 0 Å². The minimum absolute atomic E-state index is 0. The number of nitrogens with one attached hydrogen (secondary N) is 1. The summed E-state index contributed by atoms with van der Waals surface area (Å²) in [7, 11) is 3.61. The highest BCUT2D eigenvalue weighted by Crippen LogP contribution is 2.18. The van der Waals surface area contributed by atoms with Crippen LogP contribution in [0.4, 0.5) is 0 Å². The van der Waals surface area contributed by atoms with Crippen LogP contribution in [0.2, 0.25) is 0 Å². The Morgan fingerprint density at radius 2 is 1.78 bits per heavy atom. The van der Waals surface area contributed by atoms with Crippen molar-refractivity contribution < 1.29 is 9.47 Å². The van der Waals surface area contributed by atoms with Crippen LogP contribution < -0.4 is 5.32 Å². The van der Waals surface area contributed by atoms with Crippen molar-refractivity contribution in [3.05, 3.63) is 35.4 Å². The summed E-state index contributed by atoms with van der Waals surface area (Å²) in [6, 6.07) is 9.07. The minimum atomic E-state index is 0. The van der Waals surface area contributed by atoms with Gasteiger partial charge in [0.05, 0.1) is 6.10 Å². The molecule has 2 saturated heterocycles. The second-order valence-corrected chi connectivity index (χ2v) is 9.10. The molecule has 2 fully saturated rings. The van der Waals surface area contributed by atoms with Gasteiger partial charge in [0.1, 0.15) is 0 Å². The molecule has 32 heavy (non-hydrogen) atoms. The molecule has 0 aliphatic carbocycles. The van der Waals surface area contributed by atoms with E-state index in [0.29, 0.717) is 6.10 Å². The SMILES string of the molecule is CN=C(NCc1ccc(CN2CCCC(C)C2)cc1)N1CCC(OCCCOC)CC1.I. The predicted octanol–water partition coefficient (Wildman–Crippen LogP) is 4.13. The van der Waals surface area contributed by atoms with E-state index in [-0.39, 0.29) is 24.0 Å². The zero-order valence-electron chi connectivity index (χ0n) is 20.2. The number of guanidine groups is 1. The molecule has 0 aromatic heterocycles. The first-order valence-electron chi connectivity index (χ1n) is 12.0. The third kappa shape index (κ3) is 9.15. The van der Waals surface area contributed by atoms with Gasteiger partial charge in [0.15, 0.2) is 5.96 Å². The standard InChI is InChI=1S/C25H42N4O2.HI/c1-21-6-4-13-28(19-21)20-23-9-7-22(8-10-23)18-27-25(26-2)29-14-11-24(12-15-29)31-17-5-16-30-3;/h7-10,21,24H,4-6,11-20H2,1-3H3,(H,26,27);1H. The molecular formula is C25H43IN4O2. The lowest BCUT2D eigenvalue weighted by Crippen LogP contribution is -2.46. The smallest absolute Gasteiger partial charge is 0.193 e. The summed E-state index contributed by atoms with van der Waals surface area (Å²) in [6.45, 7) is 10.2. The minimum Gasteiger partial charge on any atom is -0.385 e. The van der Waals surface area contributed by atoms with Crippen LogP contribution >= 0.6 is 24.0 Å². The van der Waals surface area contributed by atoms with Crippen molar-refractivity contribution in [3.8, 4) is 0 Å². The van der Waals surface area contributed by atoms with Crippen molar-refractivity contribution in [2.45, 2.75) is 58.2 Å². The Morgan fingerprint density at radius 1 is 1.06 bits per heavy atom. The van der Waals surface area contributed by atoms with Crippen LogP contribution in [0.3, 0.4) is 0 Å². The van der Waals surface area contributed by atoms with Gasteiger partial charge in [-0.25, -0.2) is 0 Å². The molecule has 2 aliphatic rings. The number of halogens is 1. The van der Waals surface area contributed by atoms with E-state index in [2.05, 4.69) is 51.3 Å². The fraction of sp³-hybridized carbons (Fsp3) is 0.720. The molecule has 1 aromatic rings. The van der Waals surface area contributed by atoms with Gasteiger partial charge in [-0.2, -0.15) is 0 Å². The Balaban J connectivity index is 0.00000363. The van der Waals surface area contributed by atoms with Crippen molar-refractivity contribution >= 4 is 29.9 Å². The maximum Gasteiger partial charge on any atom is 0.193 e. The first-order valence-corrected chi connectivity index (χ1v) is 12.0. The maximum absolute atomic E-state index is 5.98. The third-order valence-corrected chi connectivity index (χ3v) is 6.42. The van der Waals surface area contributed by atoms with Crippen molar-refractivity contribution in [2.75, 3.05) is 53.6 Å². The maximum atomic E-state index is 5.98. The van der Waals surface area contributed by atoms with Crippen LogP contribution in [-0.4, -0.2) is 75.4 Å². The second kappa shape index (κ2) is 15.1. The summed E-state index contributed by atoms with van der Waals surface area (Å²) < 4.78 is 11.1. The van der Waals surface area contributed by atoms with Gasteiger partial charge in [0, 0.05) is 60.1 Å². The van der Waals surface area contributed by atoms with Crippen LogP contribution in [0.5, 0.6) is 0 Å². The molecular weight excluding hydrogens is 515 g/mol. The molecule has 0 spiro atoms. The summed E-state index contributed by atoms with van der Waals surface area (Å²) in [4.78, 5) is 9.45. The van der Waals surface area contributed by atoms with E-state index in [4.69, 9.17) is 9.47 Å². The molecule has 2 aliphatic heterocycles. The van der Waals surface area contributed by atoms with Crippen molar-refractivity contribution in [2.24, 2.45) is 10.9 Å². The molecule has 1 atom stereocenters. The lowest BCUT2D eigenvalue weighted by atomic mass is 9.99. The van der Waals surface area contributed by atoms with E-state index in [1.807, 2.05) is 7.05 Å². The third-order valence-electron chi connectivity index (χ3n) is 6.42. The molecule has 0 saturated carbocycles. The van der Waals surface area contributed by atoms with Gasteiger partial charge in [-0.1, -0.05) is 31.2 Å². The fourth-order valence-electron chi connectivity index (χ4n) is 4.65. The predicted molar refractivity (Wildman–Crippen MR) is 143 cm³/mol. The lowest BCUT2D eigenvalue weighted by molar-refractivity contribution is 0.00989. The number of benzene rings is 1. The van der Waals surface area contributed by atoms with E-state index < -0.39 is 0 Å². The largest absolute Gasteiger partial charge is 0.385 e. The number of rotatable bonds is 9. The van der Waals surface area contributed by atoms with Crippen LogP contribution in [0, 0.1) is 5.92 Å². The number of hydrogen-bond acceptors (Lipinski definition) is 4. The number of nitrogens with zero attached hydrogens (tertiary/aromatic N) is 3. The van der Waals surface area contributed by atoms with Gasteiger partial charge in [0.2, 0.25) is 0 Å². The van der Waals surface area contributed by atoms with Gasteiger partial charge in [0.25, 0.3) is 0 Å². The molecule has 7 heteroatoms. The Hall–Kier alpha value is -0.900. The lowest BCUT2D eigenvalue weighted by Gasteiger charge is -2.34. The highest BCUT2D eigenvalue weighted by atomic mass is 127. The molecule has 1 N–H and O–H groups in total. The average molecular weight is 559 g/mol. The van der Waals surface area contributed by atoms with E-state index in [0.717, 1.165) is 70.5 Å². The molecule has 6 nitrogen and oxygen atoms in total. The summed E-state index contributed by atoms with van der Waals surface area (Å²) in [6.07, 6.45) is 6.15. The topological polar surface area (TPSA) is 49.3 Å².